The minimum Gasteiger partial charge on any atom is -0.368 e. The van der Waals surface area contributed by atoms with E-state index in [1.54, 1.807) is 6.92 Å². The zero-order valence-corrected chi connectivity index (χ0v) is 7.56. The van der Waals surface area contributed by atoms with Crippen LogP contribution >= 0.6 is 0 Å². The Bertz CT molecular complexity index is 287. The van der Waals surface area contributed by atoms with Crippen LogP contribution in [0, 0.1) is 12.8 Å². The fourth-order valence-corrected chi connectivity index (χ4v) is 1.58. The van der Waals surface area contributed by atoms with Gasteiger partial charge in [0.1, 0.15) is 6.10 Å². The fraction of sp³-hybridized carbons (Fsp3) is 0.750. The number of hydrogen-bond acceptors (Lipinski definition) is 5. The van der Waals surface area contributed by atoms with Gasteiger partial charge < -0.3 is 15.0 Å². The molecular formula is C8H13N3O2. The maximum absolute atomic E-state index is 5.60. The van der Waals surface area contributed by atoms with Gasteiger partial charge in [0.05, 0.1) is 0 Å². The molecule has 1 aliphatic rings. The van der Waals surface area contributed by atoms with Crippen molar-refractivity contribution < 1.29 is 9.26 Å². The molecule has 13 heavy (non-hydrogen) atoms. The van der Waals surface area contributed by atoms with Crippen LogP contribution in [0.3, 0.4) is 0 Å². The van der Waals surface area contributed by atoms with Gasteiger partial charge in [-0.25, -0.2) is 0 Å². The van der Waals surface area contributed by atoms with E-state index in [-0.39, 0.29) is 6.10 Å². The highest BCUT2D eigenvalue weighted by Crippen LogP contribution is 2.32. The number of hydrogen-bond donors (Lipinski definition) is 1. The third-order valence-corrected chi connectivity index (χ3v) is 2.30. The van der Waals surface area contributed by atoms with E-state index in [1.807, 2.05) is 0 Å². The molecule has 0 bridgehead atoms. The molecule has 72 valence electrons. The van der Waals surface area contributed by atoms with Crippen LogP contribution in [0.1, 0.15) is 24.2 Å². The normalized spacial score (nSPS) is 28.2. The van der Waals surface area contributed by atoms with E-state index < -0.39 is 0 Å². The summed E-state index contributed by atoms with van der Waals surface area (Å²) in [7, 11) is 0. The van der Waals surface area contributed by atoms with E-state index >= 15 is 0 Å². The molecule has 0 saturated carbocycles. The standard InChI is InChI=1S/C8H13N3O2/c1-5-10-8(13-11-5)7-6(4-9)2-3-12-7/h6-7H,2-4,9H2,1H3. The monoisotopic (exact) mass is 183 g/mol. The zero-order valence-electron chi connectivity index (χ0n) is 7.56. The van der Waals surface area contributed by atoms with E-state index in [0.717, 1.165) is 13.0 Å². The summed E-state index contributed by atoms with van der Waals surface area (Å²) in [5.41, 5.74) is 5.60. The van der Waals surface area contributed by atoms with Crippen LogP contribution in [0.5, 0.6) is 0 Å². The van der Waals surface area contributed by atoms with Crippen LogP contribution in [0.2, 0.25) is 0 Å². The van der Waals surface area contributed by atoms with E-state index in [9.17, 15) is 0 Å². The molecule has 2 N–H and O–H groups in total. The third-order valence-electron chi connectivity index (χ3n) is 2.30. The summed E-state index contributed by atoms with van der Waals surface area (Å²) in [5, 5.41) is 3.72. The SMILES string of the molecule is Cc1noc(C2OCCC2CN)n1. The van der Waals surface area contributed by atoms with Gasteiger partial charge in [0, 0.05) is 12.5 Å². The van der Waals surface area contributed by atoms with Gasteiger partial charge in [0.2, 0.25) is 0 Å². The van der Waals surface area contributed by atoms with E-state index in [2.05, 4.69) is 10.1 Å². The lowest BCUT2D eigenvalue weighted by atomic mass is 10.0. The predicted octanol–water partition coefficient (Wildman–Crippen LogP) is 0.414. The first-order chi connectivity index (χ1) is 6.31. The summed E-state index contributed by atoms with van der Waals surface area (Å²) in [6, 6.07) is 0. The molecule has 1 aromatic rings. The van der Waals surface area contributed by atoms with Crippen molar-refractivity contribution in [1.82, 2.24) is 10.1 Å². The van der Waals surface area contributed by atoms with Crippen LogP contribution in [-0.4, -0.2) is 23.3 Å². The van der Waals surface area contributed by atoms with E-state index in [1.165, 1.54) is 0 Å². The number of nitrogens with two attached hydrogens (primary N) is 1. The summed E-state index contributed by atoms with van der Waals surface area (Å²) in [5.74, 6) is 1.52. The molecule has 2 atom stereocenters. The molecular weight excluding hydrogens is 170 g/mol. The Balaban J connectivity index is 2.15. The summed E-state index contributed by atoms with van der Waals surface area (Å²) in [6.07, 6.45) is 0.883. The van der Waals surface area contributed by atoms with Crippen molar-refractivity contribution in [2.45, 2.75) is 19.4 Å². The lowest BCUT2D eigenvalue weighted by Gasteiger charge is -2.11. The van der Waals surface area contributed by atoms with Crippen molar-refractivity contribution >= 4 is 0 Å². The average Bonchev–Trinajstić information content (AvgIpc) is 2.71. The molecule has 5 heteroatoms. The van der Waals surface area contributed by atoms with Crippen LogP contribution in [-0.2, 0) is 4.74 Å². The first kappa shape index (κ1) is 8.65. The van der Waals surface area contributed by atoms with Crippen LogP contribution < -0.4 is 5.73 Å². The van der Waals surface area contributed by atoms with Gasteiger partial charge >= 0.3 is 0 Å². The lowest BCUT2D eigenvalue weighted by molar-refractivity contribution is 0.0642. The predicted molar refractivity (Wildman–Crippen MR) is 44.9 cm³/mol. The van der Waals surface area contributed by atoms with Gasteiger partial charge in [-0.05, 0) is 19.9 Å². The molecule has 2 heterocycles. The summed E-state index contributed by atoms with van der Waals surface area (Å²) in [4.78, 5) is 4.13. The van der Waals surface area contributed by atoms with Crippen LogP contribution in [0.25, 0.3) is 0 Å². The van der Waals surface area contributed by atoms with Gasteiger partial charge in [-0.1, -0.05) is 5.16 Å². The van der Waals surface area contributed by atoms with Crippen molar-refractivity contribution in [1.29, 1.82) is 0 Å². The molecule has 2 unspecified atom stereocenters. The van der Waals surface area contributed by atoms with Gasteiger partial charge in [0.15, 0.2) is 5.82 Å². The van der Waals surface area contributed by atoms with Crippen molar-refractivity contribution in [3.63, 3.8) is 0 Å². The highest BCUT2D eigenvalue weighted by molar-refractivity contribution is 4.94. The number of aromatic nitrogens is 2. The second-order valence-corrected chi connectivity index (χ2v) is 3.26. The van der Waals surface area contributed by atoms with Crippen LogP contribution in [0.15, 0.2) is 4.52 Å². The van der Waals surface area contributed by atoms with Crippen molar-refractivity contribution in [2.75, 3.05) is 13.2 Å². The molecule has 2 rings (SSSR count). The van der Waals surface area contributed by atoms with E-state index in [4.69, 9.17) is 15.0 Å². The molecule has 1 aliphatic heterocycles. The summed E-state index contributed by atoms with van der Waals surface area (Å²) >= 11 is 0. The smallest absolute Gasteiger partial charge is 0.256 e. The van der Waals surface area contributed by atoms with Crippen molar-refractivity contribution in [2.24, 2.45) is 11.7 Å². The Morgan fingerprint density at radius 3 is 3.08 bits per heavy atom. The van der Waals surface area contributed by atoms with Crippen molar-refractivity contribution in [3.8, 4) is 0 Å². The Morgan fingerprint density at radius 2 is 2.46 bits per heavy atom. The second-order valence-electron chi connectivity index (χ2n) is 3.26. The molecule has 1 aromatic heterocycles. The Labute approximate surface area is 76.3 Å². The largest absolute Gasteiger partial charge is 0.368 e. The summed E-state index contributed by atoms with van der Waals surface area (Å²) in [6.45, 7) is 3.12. The first-order valence-corrected chi connectivity index (χ1v) is 4.43. The molecule has 0 radical (unpaired) electrons. The number of ether oxygens (including phenoxy) is 1. The van der Waals surface area contributed by atoms with Gasteiger partial charge in [-0.15, -0.1) is 0 Å². The minimum atomic E-state index is -0.0915. The average molecular weight is 183 g/mol. The number of nitrogens with zero attached hydrogens (tertiary/aromatic N) is 2. The maximum atomic E-state index is 5.60. The second kappa shape index (κ2) is 3.43. The van der Waals surface area contributed by atoms with Crippen LogP contribution in [0.4, 0.5) is 0 Å². The fourth-order valence-electron chi connectivity index (χ4n) is 1.58. The Kier molecular flexibility index (Phi) is 2.28. The van der Waals surface area contributed by atoms with Crippen molar-refractivity contribution in [3.05, 3.63) is 11.7 Å². The van der Waals surface area contributed by atoms with Gasteiger partial charge in [-0.3, -0.25) is 0 Å². The lowest BCUT2D eigenvalue weighted by Crippen LogP contribution is -2.18. The molecule has 1 fully saturated rings. The van der Waals surface area contributed by atoms with Gasteiger partial charge in [0.25, 0.3) is 5.89 Å². The Morgan fingerprint density at radius 1 is 1.62 bits per heavy atom. The molecule has 0 aromatic carbocycles. The molecule has 0 aliphatic carbocycles. The maximum Gasteiger partial charge on any atom is 0.256 e. The molecule has 5 nitrogen and oxygen atoms in total. The number of aryl methyl sites for hydroxylation is 1. The molecule has 0 spiro atoms. The highest BCUT2D eigenvalue weighted by Gasteiger charge is 2.32. The summed E-state index contributed by atoms with van der Waals surface area (Å²) < 4.78 is 10.5. The first-order valence-electron chi connectivity index (χ1n) is 4.43. The zero-order chi connectivity index (χ0) is 9.26. The van der Waals surface area contributed by atoms with Gasteiger partial charge in [-0.2, -0.15) is 4.98 Å². The molecule has 0 amide bonds. The quantitative estimate of drug-likeness (QED) is 0.719. The minimum absolute atomic E-state index is 0.0915. The highest BCUT2D eigenvalue weighted by atomic mass is 16.5. The number of rotatable bonds is 2. The van der Waals surface area contributed by atoms with E-state index in [0.29, 0.717) is 24.2 Å². The third kappa shape index (κ3) is 1.57. The Hall–Kier alpha value is -0.940. The topological polar surface area (TPSA) is 74.2 Å². The molecule has 1 saturated heterocycles.